The van der Waals surface area contributed by atoms with E-state index >= 15 is 0 Å². The first kappa shape index (κ1) is 17.3. The molecule has 126 valence electrons. The van der Waals surface area contributed by atoms with Gasteiger partial charge >= 0.3 is 0 Å². The first-order chi connectivity index (χ1) is 10.8. The molecule has 2 rings (SSSR count). The third kappa shape index (κ3) is 4.96. The number of hydrogen-bond acceptors (Lipinski definition) is 6. The standard InChI is InChI=1S/C13H15F2N3O4S/c1-8(21-2)7-23(19,20)18-13-16-12(22-17-13)6-9-3-4-10(14)11(15)5-9/h3-5,8H,6-7H2,1-2H3,(H,17,18). The van der Waals surface area contributed by atoms with Gasteiger partial charge in [0.25, 0.3) is 5.95 Å². The predicted molar refractivity (Wildman–Crippen MR) is 77.3 cm³/mol. The van der Waals surface area contributed by atoms with E-state index < -0.39 is 27.8 Å². The molecule has 2 aromatic rings. The van der Waals surface area contributed by atoms with Crippen molar-refractivity contribution in [1.29, 1.82) is 0 Å². The van der Waals surface area contributed by atoms with Crippen molar-refractivity contribution in [3.8, 4) is 0 Å². The maximum absolute atomic E-state index is 13.1. The second-order valence-electron chi connectivity index (χ2n) is 4.87. The number of benzene rings is 1. The van der Waals surface area contributed by atoms with E-state index in [2.05, 4.69) is 14.9 Å². The highest BCUT2D eigenvalue weighted by Crippen LogP contribution is 2.14. The molecular formula is C13H15F2N3O4S. The zero-order valence-electron chi connectivity index (χ0n) is 12.4. The average Bonchev–Trinajstić information content (AvgIpc) is 2.88. The smallest absolute Gasteiger partial charge is 0.277 e. The molecule has 23 heavy (non-hydrogen) atoms. The first-order valence-corrected chi connectivity index (χ1v) is 8.24. The quantitative estimate of drug-likeness (QED) is 0.819. The van der Waals surface area contributed by atoms with Crippen LogP contribution in [-0.4, -0.2) is 37.5 Å². The number of halogens is 2. The molecule has 0 spiro atoms. The third-order valence-corrected chi connectivity index (χ3v) is 4.31. The van der Waals surface area contributed by atoms with Crippen molar-refractivity contribution in [2.24, 2.45) is 0 Å². The zero-order valence-corrected chi connectivity index (χ0v) is 13.2. The summed E-state index contributed by atoms with van der Waals surface area (Å²) in [6, 6.07) is 3.35. The second kappa shape index (κ2) is 7.01. The molecule has 1 aromatic heterocycles. The summed E-state index contributed by atoms with van der Waals surface area (Å²) in [5.74, 6) is -2.38. The van der Waals surface area contributed by atoms with E-state index in [1.165, 1.54) is 13.2 Å². The fourth-order valence-electron chi connectivity index (χ4n) is 1.75. The summed E-state index contributed by atoms with van der Waals surface area (Å²) in [4.78, 5) is 3.85. The van der Waals surface area contributed by atoms with Crippen LogP contribution in [0.15, 0.2) is 22.7 Å². The number of hydrogen-bond donors (Lipinski definition) is 1. The normalized spacial score (nSPS) is 13.0. The Labute approximate surface area is 131 Å². The van der Waals surface area contributed by atoms with E-state index in [1.54, 1.807) is 6.92 Å². The van der Waals surface area contributed by atoms with Crippen molar-refractivity contribution in [1.82, 2.24) is 10.1 Å². The van der Waals surface area contributed by atoms with Gasteiger partial charge in [0.2, 0.25) is 15.9 Å². The molecule has 0 saturated carbocycles. The Bertz CT molecular complexity index is 779. The summed E-state index contributed by atoms with van der Waals surface area (Å²) in [6.07, 6.45) is -0.457. The average molecular weight is 347 g/mol. The van der Waals surface area contributed by atoms with Gasteiger partial charge in [-0.05, 0) is 29.8 Å². The van der Waals surface area contributed by atoms with E-state index in [4.69, 9.17) is 9.26 Å². The molecule has 0 aliphatic heterocycles. The van der Waals surface area contributed by atoms with Gasteiger partial charge in [-0.3, -0.25) is 0 Å². The van der Waals surface area contributed by atoms with Crippen LogP contribution in [0.1, 0.15) is 18.4 Å². The highest BCUT2D eigenvalue weighted by atomic mass is 32.2. The maximum atomic E-state index is 13.1. The van der Waals surface area contributed by atoms with Crippen LogP contribution in [0.3, 0.4) is 0 Å². The van der Waals surface area contributed by atoms with Crippen LogP contribution in [-0.2, 0) is 21.2 Å². The molecule has 10 heteroatoms. The van der Waals surface area contributed by atoms with Crippen LogP contribution in [0.25, 0.3) is 0 Å². The van der Waals surface area contributed by atoms with Crippen LogP contribution in [0.4, 0.5) is 14.7 Å². The van der Waals surface area contributed by atoms with Gasteiger partial charge < -0.3 is 9.26 Å². The van der Waals surface area contributed by atoms with E-state index in [0.717, 1.165) is 12.1 Å². The van der Waals surface area contributed by atoms with Gasteiger partial charge in [-0.2, -0.15) is 4.98 Å². The monoisotopic (exact) mass is 347 g/mol. The number of sulfonamides is 1. The van der Waals surface area contributed by atoms with E-state index in [1.807, 2.05) is 0 Å². The summed E-state index contributed by atoms with van der Waals surface area (Å²) in [7, 11) is -2.29. The van der Waals surface area contributed by atoms with Crippen molar-refractivity contribution < 1.29 is 26.5 Å². The van der Waals surface area contributed by atoms with Crippen molar-refractivity contribution in [2.45, 2.75) is 19.4 Å². The van der Waals surface area contributed by atoms with Gasteiger partial charge in [-0.15, -0.1) is 0 Å². The lowest BCUT2D eigenvalue weighted by molar-refractivity contribution is 0.136. The molecule has 0 bridgehead atoms. The molecule has 0 radical (unpaired) electrons. The molecule has 1 atom stereocenters. The molecule has 0 amide bonds. The lowest BCUT2D eigenvalue weighted by Crippen LogP contribution is -2.25. The fourth-order valence-corrected chi connectivity index (χ4v) is 2.95. The molecular weight excluding hydrogens is 332 g/mol. The molecule has 1 unspecified atom stereocenters. The van der Waals surface area contributed by atoms with Crippen LogP contribution in [0.2, 0.25) is 0 Å². The number of anilines is 1. The SMILES string of the molecule is COC(C)CS(=O)(=O)Nc1noc(Cc2ccc(F)c(F)c2)n1. The van der Waals surface area contributed by atoms with Gasteiger partial charge in [0.05, 0.1) is 18.3 Å². The number of ether oxygens (including phenoxy) is 1. The lowest BCUT2D eigenvalue weighted by atomic mass is 10.1. The van der Waals surface area contributed by atoms with E-state index in [0.29, 0.717) is 5.56 Å². The largest absolute Gasteiger partial charge is 0.381 e. The summed E-state index contributed by atoms with van der Waals surface area (Å²) in [6.45, 7) is 1.60. The predicted octanol–water partition coefficient (Wildman–Crippen LogP) is 1.72. The van der Waals surface area contributed by atoms with Crippen LogP contribution >= 0.6 is 0 Å². The van der Waals surface area contributed by atoms with Gasteiger partial charge in [0.1, 0.15) is 0 Å². The minimum absolute atomic E-state index is 0.0421. The molecule has 0 fully saturated rings. The van der Waals surface area contributed by atoms with Crippen LogP contribution < -0.4 is 4.72 Å². The topological polar surface area (TPSA) is 94.3 Å². The third-order valence-electron chi connectivity index (χ3n) is 2.91. The minimum atomic E-state index is -3.69. The van der Waals surface area contributed by atoms with E-state index in [9.17, 15) is 17.2 Å². The zero-order chi connectivity index (χ0) is 17.0. The lowest BCUT2D eigenvalue weighted by Gasteiger charge is -2.09. The fraction of sp³-hybridized carbons (Fsp3) is 0.385. The number of rotatable bonds is 7. The Kier molecular flexibility index (Phi) is 5.26. The minimum Gasteiger partial charge on any atom is -0.381 e. The Hall–Kier alpha value is -2.07. The highest BCUT2D eigenvalue weighted by Gasteiger charge is 2.18. The van der Waals surface area contributed by atoms with Gasteiger partial charge in [0.15, 0.2) is 11.6 Å². The molecule has 1 heterocycles. The Morgan fingerprint density at radius 1 is 1.35 bits per heavy atom. The Morgan fingerprint density at radius 3 is 2.74 bits per heavy atom. The highest BCUT2D eigenvalue weighted by molar-refractivity contribution is 7.92. The van der Waals surface area contributed by atoms with Gasteiger partial charge in [-0.25, -0.2) is 21.9 Å². The molecule has 0 aliphatic carbocycles. The first-order valence-electron chi connectivity index (χ1n) is 6.59. The summed E-state index contributed by atoms with van der Waals surface area (Å²) >= 11 is 0. The van der Waals surface area contributed by atoms with Gasteiger partial charge in [0, 0.05) is 7.11 Å². The summed E-state index contributed by atoms with van der Waals surface area (Å²) in [5.41, 5.74) is 0.412. The van der Waals surface area contributed by atoms with Crippen LogP contribution in [0, 0.1) is 11.6 Å². The van der Waals surface area contributed by atoms with Gasteiger partial charge in [-0.1, -0.05) is 6.07 Å². The molecule has 0 saturated heterocycles. The van der Waals surface area contributed by atoms with Crippen molar-refractivity contribution in [3.63, 3.8) is 0 Å². The van der Waals surface area contributed by atoms with Crippen molar-refractivity contribution in [2.75, 3.05) is 17.6 Å². The summed E-state index contributed by atoms with van der Waals surface area (Å²) < 4.78 is 61.5. The molecule has 0 aliphatic rings. The maximum Gasteiger partial charge on any atom is 0.277 e. The second-order valence-corrected chi connectivity index (χ2v) is 6.63. The molecule has 1 aromatic carbocycles. The van der Waals surface area contributed by atoms with Crippen molar-refractivity contribution >= 4 is 16.0 Å². The number of nitrogens with zero attached hydrogens (tertiary/aromatic N) is 2. The number of aromatic nitrogens is 2. The Balaban J connectivity index is 2.04. The summed E-state index contributed by atoms with van der Waals surface area (Å²) in [5, 5.41) is 3.49. The van der Waals surface area contributed by atoms with E-state index in [-0.39, 0.29) is 24.0 Å². The molecule has 7 nitrogen and oxygen atoms in total. The number of methoxy groups -OCH3 is 1. The van der Waals surface area contributed by atoms with Crippen LogP contribution in [0.5, 0.6) is 0 Å². The van der Waals surface area contributed by atoms with Crippen molar-refractivity contribution in [3.05, 3.63) is 41.3 Å². The molecule has 1 N–H and O–H groups in total. The number of nitrogens with one attached hydrogen (secondary N) is 1. The Morgan fingerprint density at radius 2 is 2.09 bits per heavy atom.